The summed E-state index contributed by atoms with van der Waals surface area (Å²) in [7, 11) is 2.19. The summed E-state index contributed by atoms with van der Waals surface area (Å²) in [6.45, 7) is 18.3. The summed E-state index contributed by atoms with van der Waals surface area (Å²) in [4.78, 5) is 18.3. The van der Waals surface area contributed by atoms with Gasteiger partial charge in [-0.1, -0.05) is 78.3 Å². The lowest BCUT2D eigenvalue weighted by molar-refractivity contribution is -0.197. The normalized spacial score (nSPS) is 18.0. The van der Waals surface area contributed by atoms with Crippen molar-refractivity contribution in [3.63, 3.8) is 0 Å². The predicted molar refractivity (Wildman–Crippen MR) is 183 cm³/mol. The van der Waals surface area contributed by atoms with E-state index < -0.39 is 11.5 Å². The molecule has 1 spiro atoms. The van der Waals surface area contributed by atoms with E-state index in [9.17, 15) is 9.90 Å². The van der Waals surface area contributed by atoms with Crippen LogP contribution in [0.25, 0.3) is 11.1 Å². The van der Waals surface area contributed by atoms with Crippen LogP contribution in [0.4, 0.5) is 8.78 Å². The van der Waals surface area contributed by atoms with E-state index in [1.807, 2.05) is 47.6 Å². The fourth-order valence-corrected chi connectivity index (χ4v) is 5.19. The van der Waals surface area contributed by atoms with Crippen molar-refractivity contribution < 1.29 is 23.4 Å². The fourth-order valence-electron chi connectivity index (χ4n) is 5.19. The van der Waals surface area contributed by atoms with Crippen LogP contribution in [0.3, 0.4) is 0 Å². The van der Waals surface area contributed by atoms with Crippen molar-refractivity contribution in [3.8, 4) is 16.9 Å². The van der Waals surface area contributed by atoms with Gasteiger partial charge >= 0.3 is 0 Å². The summed E-state index contributed by atoms with van der Waals surface area (Å²) < 4.78 is 36.0. The lowest BCUT2D eigenvalue weighted by Crippen LogP contribution is -2.61. The number of piperidine rings is 2. The second kappa shape index (κ2) is 20.2. The number of aliphatic imine (C=N–C) groups is 1. The third kappa shape index (κ3) is 11.7. The summed E-state index contributed by atoms with van der Waals surface area (Å²) in [6, 6.07) is 12.4. The van der Waals surface area contributed by atoms with Crippen LogP contribution in [-0.4, -0.2) is 85.2 Å². The summed E-state index contributed by atoms with van der Waals surface area (Å²) in [5.74, 6) is -1.88. The van der Waals surface area contributed by atoms with Gasteiger partial charge < -0.3 is 14.7 Å². The molecule has 252 valence electrons. The molecular formula is C36H56F2N4O3. The number of aliphatic hydroxyl groups is 1. The maximum absolute atomic E-state index is 15.0. The molecule has 3 aliphatic heterocycles. The zero-order chi connectivity index (χ0) is 34.0. The molecule has 0 atom stereocenters. The molecule has 3 heterocycles. The lowest BCUT2D eigenvalue weighted by Gasteiger charge is -2.48. The third-order valence-corrected chi connectivity index (χ3v) is 7.99. The number of carbonyl (C=O) groups excluding carboxylic acids is 1. The summed E-state index contributed by atoms with van der Waals surface area (Å²) in [6.07, 6.45) is 5.06. The van der Waals surface area contributed by atoms with Crippen molar-refractivity contribution in [2.75, 3.05) is 40.0 Å². The molecule has 0 amide bonds. The molecule has 2 saturated heterocycles. The Morgan fingerprint density at radius 3 is 1.98 bits per heavy atom. The first-order valence-electron chi connectivity index (χ1n) is 16.4. The Morgan fingerprint density at radius 1 is 1.00 bits per heavy atom. The van der Waals surface area contributed by atoms with Gasteiger partial charge in [-0.2, -0.15) is 0 Å². The number of aldehydes is 1. The van der Waals surface area contributed by atoms with Crippen molar-refractivity contribution in [1.82, 2.24) is 9.80 Å². The Balaban J connectivity index is 0.000000462. The van der Waals surface area contributed by atoms with E-state index in [2.05, 4.69) is 23.7 Å². The average molecular weight is 631 g/mol. The molecule has 0 aliphatic carbocycles. The lowest BCUT2D eigenvalue weighted by atomic mass is 9.79. The van der Waals surface area contributed by atoms with Crippen molar-refractivity contribution in [1.29, 1.82) is 5.41 Å². The predicted octanol–water partition coefficient (Wildman–Crippen LogP) is 8.00. The van der Waals surface area contributed by atoms with Crippen LogP contribution in [0.2, 0.25) is 0 Å². The minimum atomic E-state index is -2.97. The molecule has 2 N–H and O–H groups in total. The Labute approximate surface area is 270 Å². The molecule has 9 heteroatoms. The zero-order valence-corrected chi connectivity index (χ0v) is 28.5. The van der Waals surface area contributed by atoms with Crippen LogP contribution in [0.5, 0.6) is 5.75 Å². The van der Waals surface area contributed by atoms with Gasteiger partial charge in [0, 0.05) is 49.4 Å². The number of amidine groups is 1. The van der Waals surface area contributed by atoms with Crippen LogP contribution in [-0.2, 0) is 6.42 Å². The van der Waals surface area contributed by atoms with E-state index in [-0.39, 0.29) is 31.9 Å². The van der Waals surface area contributed by atoms with Crippen LogP contribution < -0.4 is 4.74 Å². The van der Waals surface area contributed by atoms with Gasteiger partial charge in [-0.15, -0.1) is 0 Å². The number of ether oxygens (including phenoxy) is 1. The molecule has 0 aromatic heterocycles. The highest BCUT2D eigenvalue weighted by molar-refractivity contribution is 5.84. The van der Waals surface area contributed by atoms with Gasteiger partial charge in [-0.05, 0) is 63.0 Å². The van der Waals surface area contributed by atoms with Gasteiger partial charge in [0.25, 0.3) is 5.92 Å². The summed E-state index contributed by atoms with van der Waals surface area (Å²) >= 11 is 0. The number of nitrogens with one attached hydrogen (secondary N) is 1. The minimum Gasteiger partial charge on any atom is -0.481 e. The van der Waals surface area contributed by atoms with Crippen LogP contribution in [0, 0.1) is 11.3 Å². The number of halogens is 2. The molecule has 2 aromatic carbocycles. The first-order valence-corrected chi connectivity index (χ1v) is 16.4. The Hall–Kier alpha value is -3.01. The number of rotatable bonds is 4. The van der Waals surface area contributed by atoms with Crippen LogP contribution in [0.15, 0.2) is 47.5 Å². The first kappa shape index (κ1) is 40.0. The number of hydrogen-bond acceptors (Lipinski definition) is 6. The van der Waals surface area contributed by atoms with Crippen LogP contribution >= 0.6 is 0 Å². The highest BCUT2D eigenvalue weighted by Gasteiger charge is 2.59. The largest absolute Gasteiger partial charge is 0.481 e. The standard InChI is InChI=1S/C21H21F2NO3.C6H13N.C5H10N2.2C2H6/c22-21(23)12-18-11-17(16-3-1-15(13-25)2-4-16)5-6-19(18)27-20(21)7-9-24(14-26)10-8-20;1-7-5-3-2-4-6-7;1-4(2)5(6)7-3;2*1-2/h1-6,11,13,26H,7-10,12,14H2;2-6H2,1H3;4,6H,3H2,1-2H3;2*1-2H3. The van der Waals surface area contributed by atoms with E-state index in [0.717, 1.165) is 17.4 Å². The highest BCUT2D eigenvalue weighted by Crippen LogP contribution is 2.49. The Kier molecular flexibility index (Phi) is 17.9. The molecular weight excluding hydrogens is 574 g/mol. The van der Waals surface area contributed by atoms with Crippen molar-refractivity contribution in [3.05, 3.63) is 53.6 Å². The fraction of sp³-hybridized carbons (Fsp3) is 0.583. The molecule has 0 saturated carbocycles. The molecule has 3 aliphatic rings. The molecule has 7 nitrogen and oxygen atoms in total. The van der Waals surface area contributed by atoms with Crippen LogP contribution in [0.1, 0.15) is 89.6 Å². The van der Waals surface area contributed by atoms with Gasteiger partial charge in [0.2, 0.25) is 0 Å². The number of hydrogen-bond donors (Lipinski definition) is 2. The second-order valence-corrected chi connectivity index (χ2v) is 11.4. The smallest absolute Gasteiger partial charge is 0.291 e. The van der Waals surface area contributed by atoms with E-state index in [0.29, 0.717) is 35.8 Å². The minimum absolute atomic E-state index is 0.121. The van der Waals surface area contributed by atoms with Gasteiger partial charge in [-0.3, -0.25) is 15.1 Å². The quantitative estimate of drug-likeness (QED) is 0.203. The van der Waals surface area contributed by atoms with E-state index in [1.54, 1.807) is 41.3 Å². The van der Waals surface area contributed by atoms with Crippen molar-refractivity contribution in [2.45, 2.75) is 91.6 Å². The SMILES string of the molecule is C=NC(=N)C(C)C.CC.CC.CN1CCCCC1.O=Cc1ccc(-c2ccc3c(c2)CC(F)(F)C2(CCN(CO)CC2)O3)cc1. The highest BCUT2D eigenvalue weighted by atomic mass is 19.3. The third-order valence-electron chi connectivity index (χ3n) is 7.99. The number of nitrogens with zero attached hydrogens (tertiary/aromatic N) is 3. The average Bonchev–Trinajstić information content (AvgIpc) is 3.07. The maximum Gasteiger partial charge on any atom is 0.291 e. The molecule has 0 radical (unpaired) electrons. The maximum atomic E-state index is 15.0. The molecule has 2 fully saturated rings. The van der Waals surface area contributed by atoms with Gasteiger partial charge in [-0.25, -0.2) is 13.8 Å². The molecule has 45 heavy (non-hydrogen) atoms. The number of likely N-dealkylation sites (tertiary alicyclic amines) is 2. The number of carbonyl (C=O) groups is 1. The van der Waals surface area contributed by atoms with Gasteiger partial charge in [0.1, 0.15) is 17.9 Å². The molecule has 0 unspecified atom stereocenters. The zero-order valence-electron chi connectivity index (χ0n) is 28.5. The first-order chi connectivity index (χ1) is 21.5. The molecule has 0 bridgehead atoms. The van der Waals surface area contributed by atoms with Gasteiger partial charge in [0.05, 0.1) is 6.73 Å². The topological polar surface area (TPSA) is 89.2 Å². The number of fused-ring (bicyclic) bond motifs is 1. The monoisotopic (exact) mass is 630 g/mol. The number of aliphatic hydroxyl groups excluding tert-OH is 1. The Morgan fingerprint density at radius 2 is 1.56 bits per heavy atom. The van der Waals surface area contributed by atoms with Crippen molar-refractivity contribution >= 4 is 18.8 Å². The van der Waals surface area contributed by atoms with E-state index in [4.69, 9.17) is 10.1 Å². The summed E-state index contributed by atoms with van der Waals surface area (Å²) in [5.41, 5.74) is 1.24. The van der Waals surface area contributed by atoms with Gasteiger partial charge in [0.15, 0.2) is 5.60 Å². The molecule has 2 aromatic rings. The number of benzene rings is 2. The second-order valence-electron chi connectivity index (χ2n) is 11.4. The number of alkyl halides is 2. The van der Waals surface area contributed by atoms with E-state index >= 15 is 8.78 Å². The molecule has 5 rings (SSSR count). The van der Waals surface area contributed by atoms with E-state index in [1.165, 1.54) is 32.4 Å². The summed E-state index contributed by atoms with van der Waals surface area (Å²) in [5, 5.41) is 16.2. The Bertz CT molecular complexity index is 1160. The van der Waals surface area contributed by atoms with Crippen molar-refractivity contribution in [2.24, 2.45) is 10.9 Å².